The van der Waals surface area contributed by atoms with Crippen molar-refractivity contribution in [3.63, 3.8) is 0 Å². The molecule has 3 rings (SSSR count). The number of ether oxygens (including phenoxy) is 1. The van der Waals surface area contributed by atoms with Gasteiger partial charge in [-0.25, -0.2) is 4.39 Å². The molecule has 1 aromatic carbocycles. The number of aliphatic hydroxyl groups excluding tert-OH is 1. The van der Waals surface area contributed by atoms with Crippen LogP contribution in [0.2, 0.25) is 0 Å². The zero-order chi connectivity index (χ0) is 17.8. The first-order valence-corrected chi connectivity index (χ1v) is 9.40. The van der Waals surface area contributed by atoms with Gasteiger partial charge in [-0.2, -0.15) is 0 Å². The van der Waals surface area contributed by atoms with Gasteiger partial charge in [-0.15, -0.1) is 0 Å². The predicted octanol–water partition coefficient (Wildman–Crippen LogP) is 3.73. The van der Waals surface area contributed by atoms with Crippen molar-refractivity contribution in [3.8, 4) is 5.75 Å². The Labute approximate surface area is 148 Å². The van der Waals surface area contributed by atoms with Crippen molar-refractivity contribution in [2.24, 2.45) is 11.8 Å². The van der Waals surface area contributed by atoms with Crippen LogP contribution in [-0.2, 0) is 4.79 Å². The van der Waals surface area contributed by atoms with E-state index in [-0.39, 0.29) is 35.6 Å². The number of carbonyl (C=O) groups is 1. The predicted molar refractivity (Wildman–Crippen MR) is 93.8 cm³/mol. The molecule has 4 nitrogen and oxygen atoms in total. The largest absolute Gasteiger partial charge is 0.494 e. The molecule has 0 spiro atoms. The van der Waals surface area contributed by atoms with Crippen LogP contribution in [0, 0.1) is 17.7 Å². The summed E-state index contributed by atoms with van der Waals surface area (Å²) in [6.07, 6.45) is 7.44. The van der Waals surface area contributed by atoms with E-state index in [4.69, 9.17) is 4.74 Å². The number of benzene rings is 1. The lowest BCUT2D eigenvalue weighted by molar-refractivity contribution is -0.127. The summed E-state index contributed by atoms with van der Waals surface area (Å²) in [4.78, 5) is 12.8. The van der Waals surface area contributed by atoms with E-state index in [1.54, 1.807) is 6.07 Å². The summed E-state index contributed by atoms with van der Waals surface area (Å²) in [5.74, 6) is 0.0555. The number of halogens is 1. The molecule has 1 aromatic rings. The van der Waals surface area contributed by atoms with E-state index < -0.39 is 5.82 Å². The minimum absolute atomic E-state index is 0.0538. The van der Waals surface area contributed by atoms with Crippen molar-refractivity contribution >= 4 is 5.91 Å². The van der Waals surface area contributed by atoms with Crippen LogP contribution in [0.25, 0.3) is 0 Å². The Hall–Kier alpha value is -1.62. The highest BCUT2D eigenvalue weighted by Crippen LogP contribution is 2.39. The Bertz CT molecular complexity index is 593. The van der Waals surface area contributed by atoms with E-state index >= 15 is 0 Å². The van der Waals surface area contributed by atoms with Gasteiger partial charge in [-0.3, -0.25) is 4.79 Å². The monoisotopic (exact) mass is 349 g/mol. The minimum atomic E-state index is -0.423. The molecule has 0 bridgehead atoms. The number of hydrogen-bond acceptors (Lipinski definition) is 3. The Balaban J connectivity index is 1.75. The average Bonchev–Trinajstić information content (AvgIpc) is 2.86. The van der Waals surface area contributed by atoms with E-state index in [9.17, 15) is 14.3 Å². The lowest BCUT2D eigenvalue weighted by Gasteiger charge is -2.39. The number of aliphatic hydroxyl groups is 1. The van der Waals surface area contributed by atoms with Gasteiger partial charge >= 0.3 is 0 Å². The van der Waals surface area contributed by atoms with Crippen LogP contribution in [0.15, 0.2) is 18.2 Å². The van der Waals surface area contributed by atoms with E-state index in [0.29, 0.717) is 12.8 Å². The van der Waals surface area contributed by atoms with E-state index in [0.717, 1.165) is 31.2 Å². The van der Waals surface area contributed by atoms with Crippen molar-refractivity contribution in [2.45, 2.75) is 63.5 Å². The van der Waals surface area contributed by atoms with Crippen LogP contribution in [0.4, 0.5) is 4.39 Å². The highest BCUT2D eigenvalue weighted by Gasteiger charge is 2.37. The van der Waals surface area contributed by atoms with Crippen LogP contribution in [0.3, 0.4) is 0 Å². The number of rotatable bonds is 5. The Morgan fingerprint density at radius 1 is 1.24 bits per heavy atom. The first-order valence-electron chi connectivity index (χ1n) is 9.40. The SMILES string of the molecule is COc1ccc([C@H](NC(=O)C2CCCCCC2)C2CC(O)C2)cc1F. The van der Waals surface area contributed by atoms with E-state index in [1.807, 2.05) is 6.07 Å². The van der Waals surface area contributed by atoms with Crippen LogP contribution < -0.4 is 10.1 Å². The molecule has 2 aliphatic rings. The number of methoxy groups -OCH3 is 1. The highest BCUT2D eigenvalue weighted by molar-refractivity contribution is 5.79. The van der Waals surface area contributed by atoms with E-state index in [2.05, 4.69) is 5.32 Å². The molecule has 5 heteroatoms. The third-order valence-electron chi connectivity index (χ3n) is 5.68. The first kappa shape index (κ1) is 18.2. The Morgan fingerprint density at radius 2 is 1.92 bits per heavy atom. The van der Waals surface area contributed by atoms with Gasteiger partial charge in [-0.1, -0.05) is 31.7 Å². The molecule has 0 saturated heterocycles. The first-order chi connectivity index (χ1) is 12.1. The zero-order valence-corrected chi connectivity index (χ0v) is 14.8. The summed E-state index contributed by atoms with van der Waals surface area (Å²) in [5.41, 5.74) is 0.747. The standard InChI is InChI=1S/C20H28FNO3/c1-25-18-9-8-14(12-17(18)21)19(15-10-16(23)11-15)22-20(24)13-6-4-2-3-5-7-13/h8-9,12-13,15-16,19,23H,2-7,10-11H2,1H3,(H,22,24)/t15?,16?,19-/m0/s1. The summed E-state index contributed by atoms with van der Waals surface area (Å²) < 4.78 is 19.1. The third kappa shape index (κ3) is 4.32. The molecule has 0 unspecified atom stereocenters. The van der Waals surface area contributed by atoms with Crippen LogP contribution in [0.5, 0.6) is 5.75 Å². The van der Waals surface area contributed by atoms with Gasteiger partial charge < -0.3 is 15.2 Å². The second-order valence-electron chi connectivity index (χ2n) is 7.45. The normalized spacial score (nSPS) is 25.6. The molecule has 2 saturated carbocycles. The van der Waals surface area contributed by atoms with Gasteiger partial charge in [0.25, 0.3) is 0 Å². The molecule has 1 amide bonds. The van der Waals surface area contributed by atoms with Crippen molar-refractivity contribution in [3.05, 3.63) is 29.6 Å². The second-order valence-corrected chi connectivity index (χ2v) is 7.45. The molecule has 2 aliphatic carbocycles. The quantitative estimate of drug-likeness (QED) is 0.796. The zero-order valence-electron chi connectivity index (χ0n) is 14.8. The number of carbonyl (C=O) groups excluding carboxylic acids is 1. The molecule has 25 heavy (non-hydrogen) atoms. The molecular weight excluding hydrogens is 321 g/mol. The fraction of sp³-hybridized carbons (Fsp3) is 0.650. The van der Waals surface area contributed by atoms with Crippen molar-refractivity contribution in [1.82, 2.24) is 5.32 Å². The van der Waals surface area contributed by atoms with Crippen molar-refractivity contribution < 1.29 is 19.0 Å². The summed E-state index contributed by atoms with van der Waals surface area (Å²) in [5, 5.41) is 12.8. The van der Waals surface area contributed by atoms with Crippen molar-refractivity contribution in [2.75, 3.05) is 7.11 Å². The van der Waals surface area contributed by atoms with Gasteiger partial charge in [0, 0.05) is 5.92 Å². The number of hydrogen-bond donors (Lipinski definition) is 2. The second kappa shape index (κ2) is 8.17. The van der Waals surface area contributed by atoms with Gasteiger partial charge in [0.05, 0.1) is 19.3 Å². The third-order valence-corrected chi connectivity index (χ3v) is 5.68. The summed E-state index contributed by atoms with van der Waals surface area (Å²) >= 11 is 0. The summed E-state index contributed by atoms with van der Waals surface area (Å²) in [6, 6.07) is 4.61. The Kier molecular flexibility index (Phi) is 5.94. The molecule has 0 aromatic heterocycles. The lowest BCUT2D eigenvalue weighted by Crippen LogP contribution is -2.43. The van der Waals surface area contributed by atoms with Gasteiger partial charge in [-0.05, 0) is 49.3 Å². The topological polar surface area (TPSA) is 58.6 Å². The fourth-order valence-corrected chi connectivity index (χ4v) is 4.06. The molecule has 0 radical (unpaired) electrons. The average molecular weight is 349 g/mol. The summed E-state index contributed by atoms with van der Waals surface area (Å²) in [7, 11) is 1.44. The molecule has 2 N–H and O–H groups in total. The molecule has 1 atom stereocenters. The molecule has 0 heterocycles. The van der Waals surface area contributed by atoms with Gasteiger partial charge in [0.1, 0.15) is 0 Å². The minimum Gasteiger partial charge on any atom is -0.494 e. The van der Waals surface area contributed by atoms with Crippen LogP contribution >= 0.6 is 0 Å². The lowest BCUT2D eigenvalue weighted by atomic mass is 9.75. The highest BCUT2D eigenvalue weighted by atomic mass is 19.1. The fourth-order valence-electron chi connectivity index (χ4n) is 4.06. The molecule has 138 valence electrons. The maximum Gasteiger partial charge on any atom is 0.223 e. The maximum absolute atomic E-state index is 14.1. The molecule has 0 aliphatic heterocycles. The Morgan fingerprint density at radius 3 is 2.48 bits per heavy atom. The van der Waals surface area contributed by atoms with Gasteiger partial charge in [0.15, 0.2) is 11.6 Å². The number of nitrogens with one attached hydrogen (secondary N) is 1. The summed E-state index contributed by atoms with van der Waals surface area (Å²) in [6.45, 7) is 0. The van der Waals surface area contributed by atoms with Crippen LogP contribution in [0.1, 0.15) is 63.0 Å². The van der Waals surface area contributed by atoms with Gasteiger partial charge in [0.2, 0.25) is 5.91 Å². The van der Waals surface area contributed by atoms with Crippen LogP contribution in [-0.4, -0.2) is 24.2 Å². The van der Waals surface area contributed by atoms with Crippen molar-refractivity contribution in [1.29, 1.82) is 0 Å². The maximum atomic E-state index is 14.1. The van der Waals surface area contributed by atoms with E-state index in [1.165, 1.54) is 26.0 Å². The molecule has 2 fully saturated rings. The smallest absolute Gasteiger partial charge is 0.223 e. The number of amides is 1. The molecular formula is C20H28FNO3.